The molecule has 0 saturated heterocycles. The second-order valence-corrected chi connectivity index (χ2v) is 6.57. The summed E-state index contributed by atoms with van der Waals surface area (Å²) in [6, 6.07) is 7.14. The predicted octanol–water partition coefficient (Wildman–Crippen LogP) is 2.86. The Kier molecular flexibility index (Phi) is 4.98. The molecule has 4 rings (SSSR count). The Labute approximate surface area is 166 Å². The molecule has 0 aliphatic heterocycles. The Morgan fingerprint density at radius 3 is 2.69 bits per heavy atom. The van der Waals surface area contributed by atoms with E-state index in [1.54, 1.807) is 25.3 Å². The van der Waals surface area contributed by atoms with E-state index in [1.165, 1.54) is 11.6 Å². The first kappa shape index (κ1) is 18.7. The van der Waals surface area contributed by atoms with Crippen LogP contribution in [0.15, 0.2) is 35.0 Å². The molecule has 0 N–H and O–H groups in total. The average molecular weight is 396 g/mol. The first-order valence-corrected chi connectivity index (χ1v) is 9.02. The van der Waals surface area contributed by atoms with E-state index in [0.717, 1.165) is 5.69 Å². The van der Waals surface area contributed by atoms with Crippen molar-refractivity contribution in [1.82, 2.24) is 30.0 Å². The average Bonchev–Trinajstić information content (AvgIpc) is 3.31. The standard InChI is InChI=1S/C19H20N6O4/c1-11(2)28-14-6-5-13(20-9-14)10-27-19-16(26-4)8-17-21-22-18(25(17)23-19)15-7-12(3)29-24-15/h5-9,11H,10H2,1-4H3. The van der Waals surface area contributed by atoms with Gasteiger partial charge in [0.05, 0.1) is 25.1 Å². The number of pyridine rings is 1. The molecule has 0 unspecified atom stereocenters. The molecule has 10 nitrogen and oxygen atoms in total. The first-order chi connectivity index (χ1) is 14.0. The fourth-order valence-electron chi connectivity index (χ4n) is 2.66. The van der Waals surface area contributed by atoms with Crippen molar-refractivity contribution in [2.24, 2.45) is 0 Å². The lowest BCUT2D eigenvalue weighted by Gasteiger charge is -2.11. The highest BCUT2D eigenvalue weighted by Gasteiger charge is 2.17. The molecule has 4 heterocycles. The Balaban J connectivity index is 1.59. The Bertz CT molecular complexity index is 1120. The maximum atomic E-state index is 5.85. The highest BCUT2D eigenvalue weighted by Crippen LogP contribution is 2.28. The molecule has 0 amide bonds. The highest BCUT2D eigenvalue weighted by atomic mass is 16.5. The molecule has 10 heteroatoms. The zero-order valence-corrected chi connectivity index (χ0v) is 16.5. The van der Waals surface area contributed by atoms with E-state index >= 15 is 0 Å². The predicted molar refractivity (Wildman–Crippen MR) is 102 cm³/mol. The zero-order chi connectivity index (χ0) is 20.4. The van der Waals surface area contributed by atoms with E-state index in [-0.39, 0.29) is 18.6 Å². The molecule has 0 aliphatic rings. The van der Waals surface area contributed by atoms with E-state index in [9.17, 15) is 0 Å². The van der Waals surface area contributed by atoms with Crippen LogP contribution in [0.1, 0.15) is 25.3 Å². The van der Waals surface area contributed by atoms with Gasteiger partial charge in [-0.15, -0.1) is 15.3 Å². The molecule has 150 valence electrons. The second kappa shape index (κ2) is 7.74. The zero-order valence-electron chi connectivity index (χ0n) is 16.5. The van der Waals surface area contributed by atoms with Crippen LogP contribution in [-0.2, 0) is 6.61 Å². The number of aromatic nitrogens is 6. The lowest BCUT2D eigenvalue weighted by molar-refractivity contribution is 0.240. The van der Waals surface area contributed by atoms with E-state index in [2.05, 4.69) is 25.4 Å². The van der Waals surface area contributed by atoms with Gasteiger partial charge in [-0.1, -0.05) is 5.16 Å². The smallest absolute Gasteiger partial charge is 0.275 e. The van der Waals surface area contributed by atoms with Crippen LogP contribution in [0.5, 0.6) is 17.4 Å². The van der Waals surface area contributed by atoms with Crippen molar-refractivity contribution in [2.45, 2.75) is 33.5 Å². The largest absolute Gasteiger partial charge is 0.491 e. The van der Waals surface area contributed by atoms with Crippen molar-refractivity contribution >= 4 is 5.65 Å². The molecule has 0 saturated carbocycles. The summed E-state index contributed by atoms with van der Waals surface area (Å²) in [6.07, 6.45) is 1.75. The van der Waals surface area contributed by atoms with E-state index in [1.807, 2.05) is 26.0 Å². The topological polar surface area (TPSA) is 110 Å². The van der Waals surface area contributed by atoms with Crippen LogP contribution in [0.4, 0.5) is 0 Å². The van der Waals surface area contributed by atoms with Crippen LogP contribution in [0.2, 0.25) is 0 Å². The number of hydrogen-bond acceptors (Lipinski definition) is 9. The third kappa shape index (κ3) is 3.96. The first-order valence-electron chi connectivity index (χ1n) is 9.02. The molecular weight excluding hydrogens is 376 g/mol. The summed E-state index contributed by atoms with van der Waals surface area (Å²) < 4.78 is 23.5. The van der Waals surface area contributed by atoms with Gasteiger partial charge in [0.2, 0.25) is 5.82 Å². The molecule has 0 radical (unpaired) electrons. The van der Waals surface area contributed by atoms with Crippen LogP contribution in [-0.4, -0.2) is 43.2 Å². The van der Waals surface area contributed by atoms with Gasteiger partial charge in [-0.2, -0.15) is 4.52 Å². The van der Waals surface area contributed by atoms with Gasteiger partial charge in [-0.05, 0) is 32.9 Å². The quantitative estimate of drug-likeness (QED) is 0.465. The number of rotatable bonds is 7. The lowest BCUT2D eigenvalue weighted by Crippen LogP contribution is -2.07. The fourth-order valence-corrected chi connectivity index (χ4v) is 2.66. The number of fused-ring (bicyclic) bond motifs is 1. The third-order valence-electron chi connectivity index (χ3n) is 3.93. The van der Waals surface area contributed by atoms with Crippen LogP contribution in [0, 0.1) is 6.92 Å². The van der Waals surface area contributed by atoms with Crippen LogP contribution in [0.3, 0.4) is 0 Å². The maximum Gasteiger partial charge on any atom is 0.275 e. The van der Waals surface area contributed by atoms with Crippen molar-refractivity contribution in [2.75, 3.05) is 7.11 Å². The fraction of sp³-hybridized carbons (Fsp3) is 0.316. The number of methoxy groups -OCH3 is 1. The highest BCUT2D eigenvalue weighted by molar-refractivity contribution is 5.56. The SMILES string of the molecule is COc1cc2nnc(-c3cc(C)on3)n2nc1OCc1ccc(OC(C)C)cn1. The van der Waals surface area contributed by atoms with Gasteiger partial charge in [0.15, 0.2) is 17.1 Å². The van der Waals surface area contributed by atoms with Gasteiger partial charge in [-0.25, -0.2) is 0 Å². The van der Waals surface area contributed by atoms with Gasteiger partial charge in [0.1, 0.15) is 18.1 Å². The minimum atomic E-state index is 0.0885. The normalized spacial score (nSPS) is 11.2. The van der Waals surface area contributed by atoms with E-state index in [0.29, 0.717) is 34.4 Å². The molecule has 4 aromatic heterocycles. The van der Waals surface area contributed by atoms with Crippen molar-refractivity contribution in [1.29, 1.82) is 0 Å². The molecule has 0 fully saturated rings. The maximum absolute atomic E-state index is 5.85. The Morgan fingerprint density at radius 1 is 1.17 bits per heavy atom. The second-order valence-electron chi connectivity index (χ2n) is 6.57. The molecule has 0 spiro atoms. The van der Waals surface area contributed by atoms with Crippen LogP contribution in [0.25, 0.3) is 17.2 Å². The van der Waals surface area contributed by atoms with Crippen molar-refractivity contribution < 1.29 is 18.7 Å². The molecular formula is C19H20N6O4. The summed E-state index contributed by atoms with van der Waals surface area (Å²) in [5.74, 6) is 2.53. The summed E-state index contributed by atoms with van der Waals surface area (Å²) >= 11 is 0. The number of ether oxygens (including phenoxy) is 3. The molecule has 0 aliphatic carbocycles. The minimum absolute atomic E-state index is 0.0885. The van der Waals surface area contributed by atoms with Crippen LogP contribution < -0.4 is 14.2 Å². The summed E-state index contributed by atoms with van der Waals surface area (Å²) in [4.78, 5) is 4.35. The monoisotopic (exact) mass is 396 g/mol. The summed E-state index contributed by atoms with van der Waals surface area (Å²) in [6.45, 7) is 5.93. The number of nitrogens with zero attached hydrogens (tertiary/aromatic N) is 6. The Hall–Kier alpha value is -3.69. The summed E-state index contributed by atoms with van der Waals surface area (Å²) in [5, 5.41) is 16.7. The van der Waals surface area contributed by atoms with Crippen molar-refractivity contribution in [3.8, 4) is 28.9 Å². The van der Waals surface area contributed by atoms with Gasteiger partial charge in [0.25, 0.3) is 5.88 Å². The van der Waals surface area contributed by atoms with E-state index < -0.39 is 0 Å². The van der Waals surface area contributed by atoms with Gasteiger partial charge >= 0.3 is 0 Å². The van der Waals surface area contributed by atoms with Gasteiger partial charge in [-0.3, -0.25) is 4.98 Å². The number of aryl methyl sites for hydroxylation is 1. The minimum Gasteiger partial charge on any atom is -0.491 e. The lowest BCUT2D eigenvalue weighted by atomic mass is 10.3. The summed E-state index contributed by atoms with van der Waals surface area (Å²) in [7, 11) is 1.54. The van der Waals surface area contributed by atoms with Crippen molar-refractivity contribution in [3.05, 3.63) is 41.9 Å². The molecule has 29 heavy (non-hydrogen) atoms. The Morgan fingerprint density at radius 2 is 2.03 bits per heavy atom. The molecule has 4 aromatic rings. The third-order valence-corrected chi connectivity index (χ3v) is 3.93. The number of hydrogen-bond donors (Lipinski definition) is 0. The van der Waals surface area contributed by atoms with Crippen molar-refractivity contribution in [3.63, 3.8) is 0 Å². The van der Waals surface area contributed by atoms with E-state index in [4.69, 9.17) is 18.7 Å². The van der Waals surface area contributed by atoms with Gasteiger partial charge < -0.3 is 18.7 Å². The van der Waals surface area contributed by atoms with Gasteiger partial charge in [0, 0.05) is 12.1 Å². The molecule has 0 bridgehead atoms. The molecule has 0 atom stereocenters. The summed E-state index contributed by atoms with van der Waals surface area (Å²) in [5.41, 5.74) is 1.75. The van der Waals surface area contributed by atoms with Crippen LogP contribution >= 0.6 is 0 Å². The molecule has 0 aromatic carbocycles.